The molecule has 0 unspecified atom stereocenters. The predicted molar refractivity (Wildman–Crippen MR) is 101 cm³/mol. The number of ether oxygens (including phenoxy) is 1. The molecule has 0 radical (unpaired) electrons. The summed E-state index contributed by atoms with van der Waals surface area (Å²) in [6.45, 7) is 3.21. The first-order valence-corrected chi connectivity index (χ1v) is 8.78. The van der Waals surface area contributed by atoms with Crippen LogP contribution in [0.3, 0.4) is 0 Å². The number of carboxylic acid groups (broad SMARTS) is 1. The Labute approximate surface area is 166 Å². The maximum absolute atomic E-state index is 12.6. The van der Waals surface area contributed by atoms with Gasteiger partial charge in [0, 0.05) is 6.54 Å². The summed E-state index contributed by atoms with van der Waals surface area (Å²) in [7, 11) is 1.41. The lowest BCUT2D eigenvalue weighted by Gasteiger charge is -2.20. The molecule has 29 heavy (non-hydrogen) atoms. The fraction of sp³-hybridized carbons (Fsp3) is 0.333. The van der Waals surface area contributed by atoms with Crippen molar-refractivity contribution in [1.82, 2.24) is 5.32 Å². The molecule has 0 heterocycles. The topological polar surface area (TPSA) is 75.6 Å². The van der Waals surface area contributed by atoms with Gasteiger partial charge in [-0.2, -0.15) is 13.2 Å². The molecule has 2 aromatic carbocycles. The van der Waals surface area contributed by atoms with E-state index in [4.69, 9.17) is 4.74 Å². The fourth-order valence-corrected chi connectivity index (χ4v) is 2.72. The molecule has 1 amide bonds. The minimum Gasteiger partial charge on any atom is -0.496 e. The van der Waals surface area contributed by atoms with Crippen LogP contribution in [0.5, 0.6) is 5.75 Å². The number of aliphatic carboxylic acids is 1. The van der Waals surface area contributed by atoms with E-state index in [9.17, 15) is 27.9 Å². The Morgan fingerprint density at radius 3 is 2.14 bits per heavy atom. The summed E-state index contributed by atoms with van der Waals surface area (Å²) in [5, 5.41) is 11.9. The van der Waals surface area contributed by atoms with Gasteiger partial charge < -0.3 is 15.2 Å². The first kappa shape index (κ1) is 22.3. The van der Waals surface area contributed by atoms with Crippen LogP contribution in [0.2, 0.25) is 0 Å². The van der Waals surface area contributed by atoms with Gasteiger partial charge in [-0.25, -0.2) is 0 Å². The molecule has 2 N–H and O–H groups in total. The second-order valence-corrected chi connectivity index (χ2v) is 7.28. The number of benzene rings is 2. The largest absolute Gasteiger partial charge is 0.496 e. The lowest BCUT2D eigenvalue weighted by molar-refractivity contribution is -0.146. The van der Waals surface area contributed by atoms with Gasteiger partial charge in [0.1, 0.15) is 5.75 Å². The minimum absolute atomic E-state index is 0.0327. The van der Waals surface area contributed by atoms with E-state index in [0.29, 0.717) is 16.9 Å². The van der Waals surface area contributed by atoms with Crippen molar-refractivity contribution in [2.75, 3.05) is 7.11 Å². The molecular weight excluding hydrogens is 387 g/mol. The summed E-state index contributed by atoms with van der Waals surface area (Å²) in [5.74, 6) is -1.12. The van der Waals surface area contributed by atoms with Crippen molar-refractivity contribution in [3.05, 3.63) is 64.7 Å². The van der Waals surface area contributed by atoms with E-state index in [1.54, 1.807) is 32.0 Å². The summed E-state index contributed by atoms with van der Waals surface area (Å²) in [6, 6.07) is 9.34. The lowest BCUT2D eigenvalue weighted by Crippen LogP contribution is -2.27. The highest BCUT2D eigenvalue weighted by Crippen LogP contribution is 2.29. The number of alkyl halides is 3. The highest BCUT2D eigenvalue weighted by atomic mass is 19.4. The molecule has 2 aromatic rings. The van der Waals surface area contributed by atoms with Crippen molar-refractivity contribution >= 4 is 11.9 Å². The molecule has 0 saturated carbocycles. The van der Waals surface area contributed by atoms with E-state index in [0.717, 1.165) is 12.1 Å². The first-order valence-electron chi connectivity index (χ1n) is 8.78. The van der Waals surface area contributed by atoms with Crippen LogP contribution in [-0.2, 0) is 23.9 Å². The van der Waals surface area contributed by atoms with Gasteiger partial charge in [0.15, 0.2) is 0 Å². The zero-order valence-electron chi connectivity index (χ0n) is 16.3. The van der Waals surface area contributed by atoms with Gasteiger partial charge in [-0.15, -0.1) is 0 Å². The van der Waals surface area contributed by atoms with Crippen molar-refractivity contribution in [2.24, 2.45) is 5.41 Å². The Morgan fingerprint density at radius 2 is 1.62 bits per heavy atom. The monoisotopic (exact) mass is 409 g/mol. The van der Waals surface area contributed by atoms with Crippen LogP contribution in [0, 0.1) is 5.41 Å². The van der Waals surface area contributed by atoms with Gasteiger partial charge in [0.05, 0.1) is 23.7 Å². The van der Waals surface area contributed by atoms with Crippen molar-refractivity contribution in [2.45, 2.75) is 33.0 Å². The van der Waals surface area contributed by atoms with Gasteiger partial charge >= 0.3 is 12.1 Å². The van der Waals surface area contributed by atoms with Crippen LogP contribution < -0.4 is 10.1 Å². The highest BCUT2D eigenvalue weighted by Gasteiger charge is 2.30. The molecule has 5 nitrogen and oxygen atoms in total. The number of carbonyl (C=O) groups is 2. The SMILES string of the molecule is COc1ccc(CC(C)(C)C(=O)O)cc1C(=O)NCc1ccc(C(F)(F)F)cc1. The third-order valence-electron chi connectivity index (χ3n) is 4.47. The third-order valence-corrected chi connectivity index (χ3v) is 4.47. The summed E-state index contributed by atoms with van der Waals surface area (Å²) < 4.78 is 43.1. The van der Waals surface area contributed by atoms with Gasteiger partial charge in [-0.3, -0.25) is 9.59 Å². The number of hydrogen-bond acceptors (Lipinski definition) is 3. The number of amides is 1. The van der Waals surface area contributed by atoms with Crippen LogP contribution >= 0.6 is 0 Å². The number of carboxylic acids is 1. The smallest absolute Gasteiger partial charge is 0.416 e. The zero-order valence-corrected chi connectivity index (χ0v) is 16.3. The third kappa shape index (κ3) is 5.73. The molecule has 0 spiro atoms. The number of rotatable bonds is 7. The van der Waals surface area contributed by atoms with Gasteiger partial charge in [-0.1, -0.05) is 18.2 Å². The van der Waals surface area contributed by atoms with E-state index in [1.165, 1.54) is 19.2 Å². The molecule has 0 aromatic heterocycles. The molecular formula is C21H22F3NO4. The van der Waals surface area contributed by atoms with Crippen LogP contribution in [-0.4, -0.2) is 24.1 Å². The fourth-order valence-electron chi connectivity index (χ4n) is 2.72. The molecule has 0 aliphatic carbocycles. The summed E-state index contributed by atoms with van der Waals surface area (Å²) in [5.41, 5.74) is -0.393. The predicted octanol–water partition coefficient (Wildman–Crippen LogP) is 4.30. The molecule has 8 heteroatoms. The quantitative estimate of drug-likeness (QED) is 0.715. The standard InChI is InChI=1S/C21H22F3NO4/c1-20(2,19(27)28)11-14-6-9-17(29-3)16(10-14)18(26)25-12-13-4-7-15(8-5-13)21(22,23)24/h4-10H,11-12H2,1-3H3,(H,25,26)(H,27,28). The summed E-state index contributed by atoms with van der Waals surface area (Å²) in [6.07, 6.45) is -4.20. The number of carbonyl (C=O) groups excluding carboxylic acids is 1. The van der Waals surface area contributed by atoms with Crippen LogP contribution in [0.1, 0.15) is 40.9 Å². The zero-order chi connectivity index (χ0) is 21.8. The highest BCUT2D eigenvalue weighted by molar-refractivity contribution is 5.97. The van der Waals surface area contributed by atoms with Crippen LogP contribution in [0.25, 0.3) is 0 Å². The Morgan fingerprint density at radius 1 is 1.03 bits per heavy atom. The molecule has 0 bridgehead atoms. The van der Waals surface area contributed by atoms with E-state index < -0.39 is 29.0 Å². The Kier molecular flexibility index (Phi) is 6.56. The van der Waals surface area contributed by atoms with Crippen LogP contribution in [0.15, 0.2) is 42.5 Å². The van der Waals surface area contributed by atoms with E-state index in [2.05, 4.69) is 5.32 Å². The lowest BCUT2D eigenvalue weighted by atomic mass is 9.85. The first-order chi connectivity index (χ1) is 13.4. The average molecular weight is 409 g/mol. The molecule has 0 aliphatic rings. The molecule has 0 saturated heterocycles. The average Bonchev–Trinajstić information content (AvgIpc) is 2.65. The van der Waals surface area contributed by atoms with E-state index in [1.807, 2.05) is 0 Å². The second-order valence-electron chi connectivity index (χ2n) is 7.28. The molecule has 0 fully saturated rings. The van der Waals surface area contributed by atoms with Crippen molar-refractivity contribution in [1.29, 1.82) is 0 Å². The minimum atomic E-state index is -4.42. The van der Waals surface area contributed by atoms with Crippen molar-refractivity contribution < 1.29 is 32.6 Å². The van der Waals surface area contributed by atoms with Crippen molar-refractivity contribution in [3.63, 3.8) is 0 Å². The second kappa shape index (κ2) is 8.55. The van der Waals surface area contributed by atoms with Gasteiger partial charge in [-0.05, 0) is 55.7 Å². The summed E-state index contributed by atoms with van der Waals surface area (Å²) >= 11 is 0. The Bertz CT molecular complexity index is 890. The van der Waals surface area contributed by atoms with Crippen LogP contribution in [0.4, 0.5) is 13.2 Å². The maximum Gasteiger partial charge on any atom is 0.416 e. The van der Waals surface area contributed by atoms with E-state index in [-0.39, 0.29) is 18.5 Å². The molecule has 2 rings (SSSR count). The number of methoxy groups -OCH3 is 1. The van der Waals surface area contributed by atoms with Gasteiger partial charge in [0.2, 0.25) is 0 Å². The normalized spacial score (nSPS) is 11.8. The molecule has 0 atom stereocenters. The summed E-state index contributed by atoms with van der Waals surface area (Å²) in [4.78, 5) is 23.9. The number of halogens is 3. The Balaban J connectivity index is 2.15. The van der Waals surface area contributed by atoms with Crippen molar-refractivity contribution in [3.8, 4) is 5.75 Å². The van der Waals surface area contributed by atoms with E-state index >= 15 is 0 Å². The number of hydrogen-bond donors (Lipinski definition) is 2. The number of nitrogens with one attached hydrogen (secondary N) is 1. The maximum atomic E-state index is 12.6. The Hall–Kier alpha value is -3.03. The molecule has 156 valence electrons. The molecule has 0 aliphatic heterocycles. The van der Waals surface area contributed by atoms with Gasteiger partial charge in [0.25, 0.3) is 5.91 Å².